The summed E-state index contributed by atoms with van der Waals surface area (Å²) in [7, 11) is -2.26. The maximum Gasteiger partial charge on any atom is 0.264 e. The number of rotatable bonds is 7. The Morgan fingerprint density at radius 2 is 1.68 bits per heavy atom. The van der Waals surface area contributed by atoms with Crippen LogP contribution in [0.25, 0.3) is 0 Å². The molecule has 3 aromatic rings. The van der Waals surface area contributed by atoms with Gasteiger partial charge in [-0.15, -0.1) is 0 Å². The first-order chi connectivity index (χ1) is 14.7. The lowest BCUT2D eigenvalue weighted by molar-refractivity contribution is 0.102. The van der Waals surface area contributed by atoms with Crippen LogP contribution in [-0.2, 0) is 10.0 Å². The molecule has 0 spiro atoms. The molecule has 7 heteroatoms. The van der Waals surface area contributed by atoms with E-state index in [0.717, 1.165) is 5.56 Å². The topological polar surface area (TPSA) is 75.7 Å². The summed E-state index contributed by atoms with van der Waals surface area (Å²) < 4.78 is 32.9. The number of ether oxygens (including phenoxy) is 1. The number of anilines is 2. The molecule has 162 valence electrons. The highest BCUT2D eigenvalue weighted by atomic mass is 32.2. The fourth-order valence-electron chi connectivity index (χ4n) is 3.09. The molecule has 0 aliphatic carbocycles. The number of hydrogen-bond donors (Lipinski definition) is 1. The van der Waals surface area contributed by atoms with Gasteiger partial charge in [0.15, 0.2) is 0 Å². The molecule has 1 N–H and O–H groups in total. The normalized spacial score (nSPS) is 11.3. The number of hydrogen-bond acceptors (Lipinski definition) is 4. The van der Waals surface area contributed by atoms with Crippen LogP contribution in [0.4, 0.5) is 11.4 Å². The molecule has 0 aliphatic heterocycles. The molecule has 0 radical (unpaired) electrons. The fourth-order valence-corrected chi connectivity index (χ4v) is 4.37. The number of benzene rings is 3. The van der Waals surface area contributed by atoms with Gasteiger partial charge in [-0.25, -0.2) is 8.42 Å². The Hall–Kier alpha value is -3.32. The highest BCUT2D eigenvalue weighted by Crippen LogP contribution is 2.27. The number of carbonyl (C=O) groups is 1. The minimum Gasteiger partial charge on any atom is -0.491 e. The minimum absolute atomic E-state index is 0.0210. The summed E-state index contributed by atoms with van der Waals surface area (Å²) in [4.78, 5) is 13.0. The molecule has 0 unspecified atom stereocenters. The second-order valence-corrected chi connectivity index (χ2v) is 9.40. The van der Waals surface area contributed by atoms with Gasteiger partial charge in [-0.1, -0.05) is 30.3 Å². The third-order valence-electron chi connectivity index (χ3n) is 4.68. The largest absolute Gasteiger partial charge is 0.491 e. The zero-order valence-corrected chi connectivity index (χ0v) is 18.8. The van der Waals surface area contributed by atoms with Gasteiger partial charge >= 0.3 is 0 Å². The van der Waals surface area contributed by atoms with Crippen LogP contribution in [0.2, 0.25) is 0 Å². The van der Waals surface area contributed by atoms with E-state index in [0.29, 0.717) is 22.7 Å². The molecular weight excluding hydrogens is 412 g/mol. The van der Waals surface area contributed by atoms with E-state index in [2.05, 4.69) is 5.32 Å². The minimum atomic E-state index is -3.75. The zero-order chi connectivity index (χ0) is 22.6. The van der Waals surface area contributed by atoms with Crippen LogP contribution in [-0.4, -0.2) is 27.5 Å². The van der Waals surface area contributed by atoms with Crippen molar-refractivity contribution in [2.75, 3.05) is 16.7 Å². The highest BCUT2D eigenvalue weighted by molar-refractivity contribution is 7.92. The Balaban J connectivity index is 1.86. The number of nitrogens with one attached hydrogen (secondary N) is 1. The first-order valence-corrected chi connectivity index (χ1v) is 11.3. The van der Waals surface area contributed by atoms with Gasteiger partial charge < -0.3 is 10.1 Å². The molecule has 0 fully saturated rings. The predicted octanol–water partition coefficient (Wildman–Crippen LogP) is 4.86. The second-order valence-electron chi connectivity index (χ2n) is 7.44. The summed E-state index contributed by atoms with van der Waals surface area (Å²) in [6.45, 7) is 5.67. The summed E-state index contributed by atoms with van der Waals surface area (Å²) in [5.74, 6) is 0.319. The van der Waals surface area contributed by atoms with Gasteiger partial charge in [0.05, 0.1) is 16.7 Å². The lowest BCUT2D eigenvalue weighted by Gasteiger charge is -2.22. The highest BCUT2D eigenvalue weighted by Gasteiger charge is 2.23. The molecule has 31 heavy (non-hydrogen) atoms. The first kappa shape index (κ1) is 22.4. The summed E-state index contributed by atoms with van der Waals surface area (Å²) in [5, 5.41) is 2.84. The molecule has 0 saturated heterocycles. The zero-order valence-electron chi connectivity index (χ0n) is 18.0. The number of sulfonamides is 1. The van der Waals surface area contributed by atoms with Gasteiger partial charge in [-0.3, -0.25) is 9.10 Å². The fraction of sp³-hybridized carbons (Fsp3) is 0.208. The van der Waals surface area contributed by atoms with Crippen molar-refractivity contribution in [2.24, 2.45) is 0 Å². The second kappa shape index (κ2) is 9.22. The van der Waals surface area contributed by atoms with E-state index in [9.17, 15) is 13.2 Å². The lowest BCUT2D eigenvalue weighted by Crippen LogP contribution is -2.27. The number of carbonyl (C=O) groups excluding carboxylic acids is 1. The predicted molar refractivity (Wildman–Crippen MR) is 123 cm³/mol. The molecule has 0 saturated carbocycles. The average molecular weight is 439 g/mol. The van der Waals surface area contributed by atoms with Crippen molar-refractivity contribution in [1.29, 1.82) is 0 Å². The number of nitrogens with zero attached hydrogens (tertiary/aromatic N) is 1. The van der Waals surface area contributed by atoms with Crippen LogP contribution in [0, 0.1) is 6.92 Å². The van der Waals surface area contributed by atoms with E-state index in [-0.39, 0.29) is 16.9 Å². The molecule has 1 amide bonds. The molecule has 3 aromatic carbocycles. The van der Waals surface area contributed by atoms with E-state index in [1.165, 1.54) is 11.4 Å². The molecule has 0 aliphatic rings. The smallest absolute Gasteiger partial charge is 0.264 e. The van der Waals surface area contributed by atoms with Crippen molar-refractivity contribution in [3.05, 3.63) is 83.9 Å². The van der Waals surface area contributed by atoms with Gasteiger partial charge in [0, 0.05) is 24.4 Å². The molecule has 0 atom stereocenters. The maximum atomic E-state index is 13.0. The Morgan fingerprint density at radius 1 is 0.968 bits per heavy atom. The van der Waals surface area contributed by atoms with Crippen molar-refractivity contribution in [1.82, 2.24) is 0 Å². The van der Waals surface area contributed by atoms with E-state index in [1.54, 1.807) is 73.7 Å². The van der Waals surface area contributed by atoms with Crippen molar-refractivity contribution in [3.63, 3.8) is 0 Å². The van der Waals surface area contributed by atoms with E-state index in [4.69, 9.17) is 4.74 Å². The lowest BCUT2D eigenvalue weighted by atomic mass is 10.1. The molecule has 0 bridgehead atoms. The Morgan fingerprint density at radius 3 is 2.35 bits per heavy atom. The summed E-state index contributed by atoms with van der Waals surface area (Å²) in [6, 6.07) is 20.3. The van der Waals surface area contributed by atoms with Crippen molar-refractivity contribution in [3.8, 4) is 5.75 Å². The molecule has 3 rings (SSSR count). The maximum absolute atomic E-state index is 13.0. The number of amides is 1. The number of aryl methyl sites for hydroxylation is 1. The Labute approximate surface area is 183 Å². The van der Waals surface area contributed by atoms with Crippen LogP contribution in [0.3, 0.4) is 0 Å². The molecular formula is C24H26N2O4S. The summed E-state index contributed by atoms with van der Waals surface area (Å²) in [6.07, 6.45) is 0.0210. The third-order valence-corrected chi connectivity index (χ3v) is 6.46. The molecule has 0 heterocycles. The van der Waals surface area contributed by atoms with Crippen LogP contribution in [0.15, 0.2) is 77.7 Å². The summed E-state index contributed by atoms with van der Waals surface area (Å²) >= 11 is 0. The van der Waals surface area contributed by atoms with Crippen LogP contribution in [0.1, 0.15) is 29.8 Å². The van der Waals surface area contributed by atoms with E-state index in [1.807, 2.05) is 19.9 Å². The monoisotopic (exact) mass is 438 g/mol. The van der Waals surface area contributed by atoms with Crippen LogP contribution >= 0.6 is 0 Å². The van der Waals surface area contributed by atoms with Gasteiger partial charge in [0.25, 0.3) is 15.9 Å². The molecule has 0 aromatic heterocycles. The van der Waals surface area contributed by atoms with Gasteiger partial charge in [-0.2, -0.15) is 0 Å². The SMILES string of the molecule is Cc1ccc(C(=O)Nc2cccc(OC(C)C)c2)cc1N(C)S(=O)(=O)c1ccccc1. The van der Waals surface area contributed by atoms with Crippen molar-refractivity contribution >= 4 is 27.3 Å². The Bertz CT molecular complexity index is 1180. The summed E-state index contributed by atoms with van der Waals surface area (Å²) in [5.41, 5.74) is 2.13. The van der Waals surface area contributed by atoms with Gasteiger partial charge in [0.2, 0.25) is 0 Å². The van der Waals surface area contributed by atoms with Crippen molar-refractivity contribution in [2.45, 2.75) is 31.8 Å². The third kappa shape index (κ3) is 5.24. The standard InChI is InChI=1S/C24H26N2O4S/c1-17(2)30-21-10-8-9-20(16-21)25-24(27)19-14-13-18(3)23(15-19)26(4)31(28,29)22-11-6-5-7-12-22/h5-17H,1-4H3,(H,25,27). The van der Waals surface area contributed by atoms with E-state index < -0.39 is 10.0 Å². The Kier molecular flexibility index (Phi) is 6.65. The van der Waals surface area contributed by atoms with Crippen molar-refractivity contribution < 1.29 is 17.9 Å². The van der Waals surface area contributed by atoms with Crippen LogP contribution in [0.5, 0.6) is 5.75 Å². The van der Waals surface area contributed by atoms with E-state index >= 15 is 0 Å². The average Bonchev–Trinajstić information content (AvgIpc) is 2.74. The first-order valence-electron chi connectivity index (χ1n) is 9.91. The van der Waals surface area contributed by atoms with Crippen LogP contribution < -0.4 is 14.4 Å². The molecule has 6 nitrogen and oxygen atoms in total. The quantitative estimate of drug-likeness (QED) is 0.572. The van der Waals surface area contributed by atoms with Gasteiger partial charge in [-0.05, 0) is 62.7 Å². The van der Waals surface area contributed by atoms with Gasteiger partial charge in [0.1, 0.15) is 5.75 Å².